The van der Waals surface area contributed by atoms with Gasteiger partial charge in [0.25, 0.3) is 0 Å². The molecule has 1 unspecified atom stereocenters. The fraction of sp³-hybridized carbons (Fsp3) is 0.467. The van der Waals surface area contributed by atoms with E-state index in [9.17, 15) is 9.59 Å². The molecular weight excluding hydrogens is 262 g/mol. The van der Waals surface area contributed by atoms with E-state index >= 15 is 0 Å². The molecular formula is C15H18ClNO2. The van der Waals surface area contributed by atoms with Gasteiger partial charge in [0, 0.05) is 16.5 Å². The van der Waals surface area contributed by atoms with Crippen LogP contribution >= 0.6 is 11.6 Å². The van der Waals surface area contributed by atoms with Gasteiger partial charge in [0.1, 0.15) is 5.78 Å². The first-order chi connectivity index (χ1) is 9.09. The molecule has 1 heterocycles. The van der Waals surface area contributed by atoms with E-state index in [1.54, 1.807) is 31.2 Å². The van der Waals surface area contributed by atoms with Crippen molar-refractivity contribution in [2.24, 2.45) is 11.8 Å². The molecule has 19 heavy (non-hydrogen) atoms. The van der Waals surface area contributed by atoms with Gasteiger partial charge in [0.05, 0.1) is 5.92 Å². The van der Waals surface area contributed by atoms with E-state index in [1.807, 2.05) is 0 Å². The third-order valence-electron chi connectivity index (χ3n) is 3.69. The minimum Gasteiger partial charge on any atom is -0.317 e. The van der Waals surface area contributed by atoms with Crippen molar-refractivity contribution in [3.8, 4) is 0 Å². The highest BCUT2D eigenvalue weighted by Crippen LogP contribution is 2.21. The van der Waals surface area contributed by atoms with Crippen LogP contribution in [0.5, 0.6) is 0 Å². The van der Waals surface area contributed by atoms with Gasteiger partial charge in [-0.15, -0.1) is 0 Å². The summed E-state index contributed by atoms with van der Waals surface area (Å²) in [6.45, 7) is 3.43. The minimum atomic E-state index is -0.565. The highest BCUT2D eigenvalue weighted by atomic mass is 35.5. The average Bonchev–Trinajstić information content (AvgIpc) is 2.46. The Morgan fingerprint density at radius 2 is 1.79 bits per heavy atom. The van der Waals surface area contributed by atoms with Gasteiger partial charge in [-0.1, -0.05) is 11.6 Å². The second kappa shape index (κ2) is 6.31. The number of piperidine rings is 1. The maximum atomic E-state index is 12.3. The number of carbonyl (C=O) groups excluding carboxylic acids is 2. The summed E-state index contributed by atoms with van der Waals surface area (Å²) in [5.74, 6) is -0.585. The van der Waals surface area contributed by atoms with Crippen LogP contribution in [-0.2, 0) is 4.79 Å². The smallest absolute Gasteiger partial charge is 0.173 e. The number of ketones is 2. The molecule has 1 aromatic rings. The van der Waals surface area contributed by atoms with Crippen LogP contribution in [0.2, 0.25) is 5.02 Å². The number of rotatable bonds is 4. The molecule has 1 atom stereocenters. The van der Waals surface area contributed by atoms with Gasteiger partial charge >= 0.3 is 0 Å². The fourth-order valence-corrected chi connectivity index (χ4v) is 2.58. The monoisotopic (exact) mass is 279 g/mol. The number of hydrogen-bond acceptors (Lipinski definition) is 3. The Morgan fingerprint density at radius 3 is 2.37 bits per heavy atom. The zero-order valence-electron chi connectivity index (χ0n) is 11.0. The van der Waals surface area contributed by atoms with Crippen LogP contribution in [0.25, 0.3) is 0 Å². The fourth-order valence-electron chi connectivity index (χ4n) is 2.45. The van der Waals surface area contributed by atoms with E-state index in [0.717, 1.165) is 25.9 Å². The Bertz CT molecular complexity index is 464. The van der Waals surface area contributed by atoms with E-state index in [2.05, 4.69) is 5.32 Å². The second-order valence-electron chi connectivity index (χ2n) is 5.02. The summed E-state index contributed by atoms with van der Waals surface area (Å²) in [4.78, 5) is 24.6. The molecule has 0 aromatic heterocycles. The number of nitrogens with one attached hydrogen (secondary N) is 1. The van der Waals surface area contributed by atoms with Crippen molar-refractivity contribution in [2.45, 2.75) is 19.8 Å². The van der Waals surface area contributed by atoms with Crippen molar-refractivity contribution in [1.29, 1.82) is 0 Å². The quantitative estimate of drug-likeness (QED) is 0.681. The highest BCUT2D eigenvalue weighted by Gasteiger charge is 2.29. The van der Waals surface area contributed by atoms with Gasteiger partial charge in [0.2, 0.25) is 0 Å². The molecule has 1 saturated heterocycles. The second-order valence-corrected chi connectivity index (χ2v) is 5.46. The zero-order valence-corrected chi connectivity index (χ0v) is 11.7. The van der Waals surface area contributed by atoms with Crippen molar-refractivity contribution < 1.29 is 9.59 Å². The van der Waals surface area contributed by atoms with Gasteiger partial charge in [-0.3, -0.25) is 9.59 Å². The molecule has 3 nitrogen and oxygen atoms in total. The number of hydrogen-bond donors (Lipinski definition) is 1. The summed E-state index contributed by atoms with van der Waals surface area (Å²) >= 11 is 5.80. The van der Waals surface area contributed by atoms with Crippen LogP contribution in [0.15, 0.2) is 24.3 Å². The lowest BCUT2D eigenvalue weighted by Crippen LogP contribution is -2.36. The van der Waals surface area contributed by atoms with E-state index in [4.69, 9.17) is 11.6 Å². The molecule has 0 amide bonds. The van der Waals surface area contributed by atoms with Crippen molar-refractivity contribution in [1.82, 2.24) is 5.32 Å². The normalized spacial score (nSPS) is 18.0. The van der Waals surface area contributed by atoms with Crippen LogP contribution in [-0.4, -0.2) is 24.7 Å². The molecule has 1 fully saturated rings. The Balaban J connectivity index is 2.05. The summed E-state index contributed by atoms with van der Waals surface area (Å²) in [5.41, 5.74) is 0.555. The maximum Gasteiger partial charge on any atom is 0.173 e. The van der Waals surface area contributed by atoms with E-state index < -0.39 is 5.92 Å². The standard InChI is InChI=1S/C15H18ClNO2/c1-10(15(19)12-6-8-17-9-7-12)14(18)11-2-4-13(16)5-3-11/h2-5,10,12,17H,6-9H2,1H3. The topological polar surface area (TPSA) is 46.2 Å². The lowest BCUT2D eigenvalue weighted by atomic mass is 9.84. The average molecular weight is 280 g/mol. The van der Waals surface area contributed by atoms with Crippen molar-refractivity contribution >= 4 is 23.2 Å². The Hall–Kier alpha value is -1.19. The molecule has 4 heteroatoms. The number of halogens is 1. The molecule has 1 N–H and O–H groups in total. The molecule has 0 saturated carbocycles. The van der Waals surface area contributed by atoms with Gasteiger partial charge in [-0.05, 0) is 57.1 Å². The molecule has 2 rings (SSSR count). The third kappa shape index (κ3) is 3.43. The number of carbonyl (C=O) groups is 2. The van der Waals surface area contributed by atoms with E-state index in [0.29, 0.717) is 10.6 Å². The Labute approximate surface area is 118 Å². The first kappa shape index (κ1) is 14.2. The van der Waals surface area contributed by atoms with Crippen LogP contribution in [0.3, 0.4) is 0 Å². The van der Waals surface area contributed by atoms with Gasteiger partial charge in [-0.25, -0.2) is 0 Å². The largest absolute Gasteiger partial charge is 0.317 e. The van der Waals surface area contributed by atoms with E-state index in [1.165, 1.54) is 0 Å². The predicted octanol–water partition coefficient (Wildman–Crippen LogP) is 2.73. The van der Waals surface area contributed by atoms with Gasteiger partial charge in [0.15, 0.2) is 5.78 Å². The lowest BCUT2D eigenvalue weighted by molar-refractivity contribution is -0.125. The van der Waals surface area contributed by atoms with Crippen molar-refractivity contribution in [3.05, 3.63) is 34.9 Å². The van der Waals surface area contributed by atoms with Crippen LogP contribution < -0.4 is 5.32 Å². The summed E-state index contributed by atoms with van der Waals surface area (Å²) in [5, 5.41) is 3.82. The van der Waals surface area contributed by atoms with Gasteiger partial charge in [-0.2, -0.15) is 0 Å². The molecule has 102 valence electrons. The summed E-state index contributed by atoms with van der Waals surface area (Å²) < 4.78 is 0. The lowest BCUT2D eigenvalue weighted by Gasteiger charge is -2.23. The van der Waals surface area contributed by atoms with Crippen LogP contribution in [0, 0.1) is 11.8 Å². The van der Waals surface area contributed by atoms with Gasteiger partial charge < -0.3 is 5.32 Å². The van der Waals surface area contributed by atoms with Crippen LogP contribution in [0.4, 0.5) is 0 Å². The SMILES string of the molecule is CC(C(=O)c1ccc(Cl)cc1)C(=O)C1CCNCC1. The zero-order chi connectivity index (χ0) is 13.8. The Morgan fingerprint density at radius 1 is 1.21 bits per heavy atom. The molecule has 1 aliphatic heterocycles. The molecule has 1 aliphatic rings. The maximum absolute atomic E-state index is 12.3. The summed E-state index contributed by atoms with van der Waals surface area (Å²) in [6, 6.07) is 6.71. The molecule has 0 aliphatic carbocycles. The highest BCUT2D eigenvalue weighted by molar-refractivity contribution is 6.30. The Kier molecular flexibility index (Phi) is 4.72. The van der Waals surface area contributed by atoms with Crippen molar-refractivity contribution in [3.63, 3.8) is 0 Å². The molecule has 0 bridgehead atoms. The third-order valence-corrected chi connectivity index (χ3v) is 3.94. The number of benzene rings is 1. The first-order valence-electron chi connectivity index (χ1n) is 6.64. The first-order valence-corrected chi connectivity index (χ1v) is 7.01. The summed E-state index contributed by atoms with van der Waals surface area (Å²) in [7, 11) is 0. The molecule has 0 radical (unpaired) electrons. The molecule has 0 spiro atoms. The predicted molar refractivity (Wildman–Crippen MR) is 75.5 cm³/mol. The summed E-state index contributed by atoms with van der Waals surface area (Å²) in [6.07, 6.45) is 1.66. The van der Waals surface area contributed by atoms with Crippen molar-refractivity contribution in [2.75, 3.05) is 13.1 Å². The molecule has 1 aromatic carbocycles. The van der Waals surface area contributed by atoms with E-state index in [-0.39, 0.29) is 17.5 Å². The minimum absolute atomic E-state index is 0.0208. The van der Waals surface area contributed by atoms with Crippen LogP contribution in [0.1, 0.15) is 30.1 Å². The number of Topliss-reactive ketones (excluding diaryl/α,β-unsaturated/α-hetero) is 2.